The Bertz CT molecular complexity index is 739. The van der Waals surface area contributed by atoms with E-state index in [1.165, 1.54) is 0 Å². The van der Waals surface area contributed by atoms with E-state index >= 15 is 0 Å². The van der Waals surface area contributed by atoms with Crippen LogP contribution in [0.25, 0.3) is 11.0 Å². The van der Waals surface area contributed by atoms with Crippen molar-refractivity contribution in [1.82, 2.24) is 14.5 Å². The van der Waals surface area contributed by atoms with Gasteiger partial charge in [-0.3, -0.25) is 0 Å². The van der Waals surface area contributed by atoms with Gasteiger partial charge in [0.05, 0.1) is 11.8 Å². The van der Waals surface area contributed by atoms with Gasteiger partial charge in [0, 0.05) is 23.5 Å². The summed E-state index contributed by atoms with van der Waals surface area (Å²) in [4.78, 5) is 8.90. The van der Waals surface area contributed by atoms with Gasteiger partial charge in [-0.25, -0.2) is 9.97 Å². The second-order valence-electron chi connectivity index (χ2n) is 4.39. The highest BCUT2D eigenvalue weighted by molar-refractivity contribution is 7.98. The van der Waals surface area contributed by atoms with Crippen LogP contribution in [-0.2, 0) is 12.3 Å². The van der Waals surface area contributed by atoms with Crippen LogP contribution < -0.4 is 0 Å². The van der Waals surface area contributed by atoms with E-state index in [1.807, 2.05) is 42.9 Å². The third kappa shape index (κ3) is 2.53. The summed E-state index contributed by atoms with van der Waals surface area (Å²) in [6, 6.07) is 9.86. The molecule has 0 aliphatic heterocycles. The summed E-state index contributed by atoms with van der Waals surface area (Å²) < 4.78 is 2.12. The predicted molar refractivity (Wildman–Crippen MR) is 84.2 cm³/mol. The zero-order valence-corrected chi connectivity index (χ0v) is 12.7. The lowest BCUT2D eigenvalue weighted by Crippen LogP contribution is -1.94. The third-order valence-corrected chi connectivity index (χ3v) is 4.55. The molecular weight excluding hydrogens is 290 g/mol. The average molecular weight is 304 g/mol. The quantitative estimate of drug-likeness (QED) is 0.669. The molecular formula is C15H14ClN3S. The zero-order valence-electron chi connectivity index (χ0n) is 11.1. The molecule has 0 saturated carbocycles. The van der Waals surface area contributed by atoms with Crippen molar-refractivity contribution in [3.8, 4) is 0 Å². The van der Waals surface area contributed by atoms with Crippen molar-refractivity contribution in [1.29, 1.82) is 0 Å². The Balaban J connectivity index is 1.91. The second-order valence-corrected chi connectivity index (χ2v) is 5.77. The Hall–Kier alpha value is -1.52. The smallest absolute Gasteiger partial charge is 0.122 e. The van der Waals surface area contributed by atoms with Crippen LogP contribution in [0.15, 0.2) is 47.9 Å². The highest BCUT2D eigenvalue weighted by atomic mass is 35.5. The van der Waals surface area contributed by atoms with E-state index in [0.717, 1.165) is 38.9 Å². The normalized spacial score (nSPS) is 11.1. The molecule has 0 saturated heterocycles. The highest BCUT2D eigenvalue weighted by Gasteiger charge is 2.10. The minimum absolute atomic E-state index is 0.802. The third-order valence-electron chi connectivity index (χ3n) is 3.16. The number of halogens is 1. The molecule has 0 unspecified atom stereocenters. The van der Waals surface area contributed by atoms with Crippen molar-refractivity contribution < 1.29 is 0 Å². The van der Waals surface area contributed by atoms with Crippen molar-refractivity contribution in [3.63, 3.8) is 0 Å². The van der Waals surface area contributed by atoms with E-state index in [9.17, 15) is 0 Å². The summed E-state index contributed by atoms with van der Waals surface area (Å²) >= 11 is 7.89. The van der Waals surface area contributed by atoms with E-state index in [4.69, 9.17) is 11.6 Å². The van der Waals surface area contributed by atoms with Crippen LogP contribution >= 0.6 is 23.4 Å². The molecule has 3 rings (SSSR count). The van der Waals surface area contributed by atoms with Crippen LogP contribution in [0, 0.1) is 0 Å². The molecule has 0 N–H and O–H groups in total. The average Bonchev–Trinajstić information content (AvgIpc) is 2.90. The fraction of sp³-hybridized carbons (Fsp3) is 0.200. The predicted octanol–water partition coefficient (Wildman–Crippen LogP) is 4.40. The molecule has 0 radical (unpaired) electrons. The van der Waals surface area contributed by atoms with Crippen LogP contribution in [-0.4, -0.2) is 14.5 Å². The van der Waals surface area contributed by atoms with Crippen LogP contribution in [0.5, 0.6) is 0 Å². The van der Waals surface area contributed by atoms with E-state index < -0.39 is 0 Å². The Labute approximate surface area is 127 Å². The van der Waals surface area contributed by atoms with Crippen molar-refractivity contribution in [2.45, 2.75) is 24.2 Å². The summed E-state index contributed by atoms with van der Waals surface area (Å²) in [6.45, 7) is 3.00. The highest BCUT2D eigenvalue weighted by Crippen LogP contribution is 2.30. The number of rotatable bonds is 4. The van der Waals surface area contributed by atoms with Gasteiger partial charge in [-0.2, -0.15) is 0 Å². The SMILES string of the molecule is CCn1cnc2ccnc(SCc3ccccc3Cl)c21. The number of nitrogens with zero attached hydrogens (tertiary/aromatic N) is 3. The summed E-state index contributed by atoms with van der Waals surface area (Å²) in [7, 11) is 0. The van der Waals surface area contributed by atoms with Gasteiger partial charge in [-0.05, 0) is 24.6 Å². The summed E-state index contributed by atoms with van der Waals surface area (Å²) in [5, 5.41) is 1.80. The lowest BCUT2D eigenvalue weighted by molar-refractivity contribution is 0.778. The van der Waals surface area contributed by atoms with Crippen molar-refractivity contribution >= 4 is 34.4 Å². The minimum Gasteiger partial charge on any atom is -0.329 e. The monoisotopic (exact) mass is 303 g/mol. The van der Waals surface area contributed by atoms with E-state index in [0.29, 0.717) is 0 Å². The van der Waals surface area contributed by atoms with Gasteiger partial charge in [-0.15, -0.1) is 0 Å². The first kappa shape index (κ1) is 13.5. The summed E-state index contributed by atoms with van der Waals surface area (Å²) in [5.41, 5.74) is 3.22. The number of aryl methyl sites for hydroxylation is 1. The molecule has 0 aliphatic rings. The van der Waals surface area contributed by atoms with Gasteiger partial charge >= 0.3 is 0 Å². The maximum absolute atomic E-state index is 6.19. The Morgan fingerprint density at radius 3 is 2.85 bits per heavy atom. The lowest BCUT2D eigenvalue weighted by Gasteiger charge is -2.06. The number of thioether (sulfide) groups is 1. The molecule has 0 aliphatic carbocycles. The van der Waals surface area contributed by atoms with Crippen molar-refractivity contribution in [3.05, 3.63) is 53.4 Å². The molecule has 3 aromatic rings. The first-order chi connectivity index (χ1) is 9.79. The molecule has 102 valence electrons. The van der Waals surface area contributed by atoms with Gasteiger partial charge in [0.2, 0.25) is 0 Å². The summed E-state index contributed by atoms with van der Waals surface area (Å²) in [5.74, 6) is 0.806. The molecule has 2 aromatic heterocycles. The van der Waals surface area contributed by atoms with E-state index in [1.54, 1.807) is 11.8 Å². The maximum atomic E-state index is 6.19. The number of benzene rings is 1. The topological polar surface area (TPSA) is 30.7 Å². The van der Waals surface area contributed by atoms with Crippen LogP contribution in [0.3, 0.4) is 0 Å². The first-order valence-electron chi connectivity index (χ1n) is 6.45. The molecule has 0 atom stereocenters. The molecule has 2 heterocycles. The number of pyridine rings is 1. The van der Waals surface area contributed by atoms with E-state index in [-0.39, 0.29) is 0 Å². The number of fused-ring (bicyclic) bond motifs is 1. The van der Waals surface area contributed by atoms with E-state index in [2.05, 4.69) is 21.5 Å². The van der Waals surface area contributed by atoms with Crippen LogP contribution in [0.4, 0.5) is 0 Å². The van der Waals surface area contributed by atoms with Gasteiger partial charge < -0.3 is 4.57 Å². The van der Waals surface area contributed by atoms with Crippen LogP contribution in [0.1, 0.15) is 12.5 Å². The molecule has 0 spiro atoms. The number of imidazole rings is 1. The van der Waals surface area contributed by atoms with Gasteiger partial charge in [-0.1, -0.05) is 41.6 Å². The van der Waals surface area contributed by atoms with Gasteiger partial charge in [0.15, 0.2) is 0 Å². The molecule has 0 bridgehead atoms. The zero-order chi connectivity index (χ0) is 13.9. The molecule has 5 heteroatoms. The summed E-state index contributed by atoms with van der Waals surface area (Å²) in [6.07, 6.45) is 3.68. The maximum Gasteiger partial charge on any atom is 0.122 e. The van der Waals surface area contributed by atoms with Gasteiger partial charge in [0.1, 0.15) is 10.5 Å². The Morgan fingerprint density at radius 1 is 1.20 bits per heavy atom. The fourth-order valence-corrected chi connectivity index (χ4v) is 3.42. The van der Waals surface area contributed by atoms with Gasteiger partial charge in [0.25, 0.3) is 0 Å². The molecule has 0 amide bonds. The van der Waals surface area contributed by atoms with Crippen molar-refractivity contribution in [2.75, 3.05) is 0 Å². The first-order valence-corrected chi connectivity index (χ1v) is 7.82. The molecule has 1 aromatic carbocycles. The Morgan fingerprint density at radius 2 is 2.05 bits per heavy atom. The fourth-order valence-electron chi connectivity index (χ4n) is 2.10. The molecule has 20 heavy (non-hydrogen) atoms. The largest absolute Gasteiger partial charge is 0.329 e. The number of aromatic nitrogens is 3. The lowest BCUT2D eigenvalue weighted by atomic mass is 10.2. The number of hydrogen-bond donors (Lipinski definition) is 0. The number of hydrogen-bond acceptors (Lipinski definition) is 3. The van der Waals surface area contributed by atoms with Crippen molar-refractivity contribution in [2.24, 2.45) is 0 Å². The van der Waals surface area contributed by atoms with Crippen LogP contribution in [0.2, 0.25) is 5.02 Å². The Kier molecular flexibility index (Phi) is 3.94. The second kappa shape index (κ2) is 5.85. The minimum atomic E-state index is 0.802. The molecule has 3 nitrogen and oxygen atoms in total. The standard InChI is InChI=1S/C15H14ClN3S/c1-2-19-10-18-13-7-8-17-15(14(13)19)20-9-11-5-3-4-6-12(11)16/h3-8,10H,2,9H2,1H3. The molecule has 0 fully saturated rings.